The standard InChI is InChI=1S/C31H33ClN4O4S/c1-19(20-8-5-4-6-9-20)16-24(37)23-10-7-15-35(23)30-33-26-27(41-30)34-29(31(32)13-14-31)36(28(26)38)18-21-11-12-22(39-2)17-25(21)40-3/h4-6,8-9,11-12,17,19,23H,7,10,13-16,18H2,1-3H3/t19-,23+/m0/s1. The van der Waals surface area contributed by atoms with E-state index in [1.165, 1.54) is 11.3 Å². The van der Waals surface area contributed by atoms with E-state index >= 15 is 0 Å². The number of ketones is 1. The van der Waals surface area contributed by atoms with Crippen LogP contribution in [0.1, 0.15) is 61.9 Å². The minimum absolute atomic E-state index is 0.131. The summed E-state index contributed by atoms with van der Waals surface area (Å²) in [6.07, 6.45) is 3.64. The second-order valence-electron chi connectivity index (χ2n) is 11.0. The summed E-state index contributed by atoms with van der Waals surface area (Å²) in [6, 6.07) is 15.4. The molecule has 0 amide bonds. The van der Waals surface area contributed by atoms with E-state index in [2.05, 4.69) is 24.0 Å². The van der Waals surface area contributed by atoms with Gasteiger partial charge in [-0.05, 0) is 49.3 Å². The Hall–Kier alpha value is -3.43. The molecule has 6 rings (SSSR count). The molecule has 0 N–H and O–H groups in total. The number of alkyl halides is 1. The first-order valence-electron chi connectivity index (χ1n) is 14.0. The summed E-state index contributed by atoms with van der Waals surface area (Å²) in [4.78, 5) is 39.1. The first kappa shape index (κ1) is 27.7. The molecule has 2 aromatic heterocycles. The van der Waals surface area contributed by atoms with E-state index < -0.39 is 4.87 Å². The summed E-state index contributed by atoms with van der Waals surface area (Å²) in [5.74, 6) is 2.17. The summed E-state index contributed by atoms with van der Waals surface area (Å²) < 4.78 is 12.6. The van der Waals surface area contributed by atoms with Gasteiger partial charge in [-0.1, -0.05) is 48.6 Å². The lowest BCUT2D eigenvalue weighted by atomic mass is 9.93. The maximum atomic E-state index is 14.0. The van der Waals surface area contributed by atoms with Crippen LogP contribution in [0.2, 0.25) is 0 Å². The molecule has 10 heteroatoms. The number of halogens is 1. The zero-order valence-corrected chi connectivity index (χ0v) is 25.0. The Bertz CT molecular complexity index is 1650. The van der Waals surface area contributed by atoms with Gasteiger partial charge in [0, 0.05) is 24.6 Å². The number of thiazole rings is 1. The van der Waals surface area contributed by atoms with Gasteiger partial charge < -0.3 is 14.4 Å². The topological polar surface area (TPSA) is 86.5 Å². The molecule has 0 radical (unpaired) electrons. The fourth-order valence-electron chi connectivity index (χ4n) is 5.66. The zero-order chi connectivity index (χ0) is 28.7. The van der Waals surface area contributed by atoms with Crippen LogP contribution in [0.5, 0.6) is 11.5 Å². The number of nitrogens with zero attached hydrogens (tertiary/aromatic N) is 4. The van der Waals surface area contributed by atoms with E-state index in [1.54, 1.807) is 24.9 Å². The van der Waals surface area contributed by atoms with Crippen molar-refractivity contribution in [2.24, 2.45) is 0 Å². The number of rotatable bonds is 10. The Morgan fingerprint density at radius 1 is 1.15 bits per heavy atom. The molecule has 1 aliphatic carbocycles. The van der Waals surface area contributed by atoms with E-state index in [1.807, 2.05) is 30.3 Å². The average Bonchev–Trinajstić information content (AvgIpc) is 3.36. The lowest BCUT2D eigenvalue weighted by Crippen LogP contribution is -2.36. The monoisotopic (exact) mass is 592 g/mol. The summed E-state index contributed by atoms with van der Waals surface area (Å²) >= 11 is 8.26. The molecule has 0 spiro atoms. The van der Waals surface area contributed by atoms with E-state index in [-0.39, 0.29) is 29.8 Å². The molecule has 41 heavy (non-hydrogen) atoms. The lowest BCUT2D eigenvalue weighted by molar-refractivity contribution is -0.120. The van der Waals surface area contributed by atoms with Crippen LogP contribution in [0.3, 0.4) is 0 Å². The number of ether oxygens (including phenoxy) is 2. The quantitative estimate of drug-likeness (QED) is 0.213. The molecule has 2 aliphatic rings. The molecule has 0 unspecified atom stereocenters. The van der Waals surface area contributed by atoms with Gasteiger partial charge in [0.25, 0.3) is 5.56 Å². The normalized spacial score (nSPS) is 18.4. The van der Waals surface area contributed by atoms with Crippen molar-refractivity contribution in [3.8, 4) is 11.5 Å². The number of carbonyl (C=O) groups excluding carboxylic acids is 1. The molecular formula is C31H33ClN4O4S. The van der Waals surface area contributed by atoms with Gasteiger partial charge in [-0.15, -0.1) is 11.6 Å². The fourth-order valence-corrected chi connectivity index (χ4v) is 6.91. The van der Waals surface area contributed by atoms with Crippen LogP contribution in [-0.4, -0.2) is 47.1 Å². The molecule has 1 saturated heterocycles. The largest absolute Gasteiger partial charge is 0.497 e. The van der Waals surface area contributed by atoms with E-state index in [0.717, 1.165) is 43.4 Å². The SMILES string of the molecule is COc1ccc(Cn2c(C3(Cl)CC3)nc3sc(N4CCC[C@@H]4C(=O)C[C@H](C)c4ccccc4)nc3c2=O)c(OC)c1. The fraction of sp³-hybridized carbons (Fsp3) is 0.419. The van der Waals surface area contributed by atoms with Crippen molar-refractivity contribution in [3.05, 3.63) is 75.8 Å². The third-order valence-corrected chi connectivity index (χ3v) is 9.70. The predicted molar refractivity (Wildman–Crippen MR) is 162 cm³/mol. The highest BCUT2D eigenvalue weighted by Crippen LogP contribution is 2.51. The molecule has 3 heterocycles. The van der Waals surface area contributed by atoms with Crippen molar-refractivity contribution in [1.29, 1.82) is 0 Å². The van der Waals surface area contributed by atoms with Crippen molar-refractivity contribution in [1.82, 2.24) is 14.5 Å². The van der Waals surface area contributed by atoms with Gasteiger partial charge in [0.05, 0.1) is 26.8 Å². The van der Waals surface area contributed by atoms with Crippen molar-refractivity contribution in [2.75, 3.05) is 25.7 Å². The second kappa shape index (κ2) is 11.1. The van der Waals surface area contributed by atoms with Crippen molar-refractivity contribution >= 4 is 44.2 Å². The van der Waals surface area contributed by atoms with Crippen LogP contribution < -0.4 is 19.9 Å². The molecule has 1 saturated carbocycles. The maximum Gasteiger partial charge on any atom is 0.281 e. The van der Waals surface area contributed by atoms with Crippen LogP contribution in [0, 0.1) is 0 Å². The number of hydrogen-bond acceptors (Lipinski definition) is 8. The van der Waals surface area contributed by atoms with E-state index in [9.17, 15) is 9.59 Å². The number of aromatic nitrogens is 3. The molecule has 2 atom stereocenters. The Morgan fingerprint density at radius 3 is 2.63 bits per heavy atom. The summed E-state index contributed by atoms with van der Waals surface area (Å²) in [5.41, 5.74) is 2.04. The third-order valence-electron chi connectivity index (χ3n) is 8.17. The van der Waals surface area contributed by atoms with E-state index in [0.29, 0.717) is 39.2 Å². The van der Waals surface area contributed by atoms with Crippen LogP contribution >= 0.6 is 22.9 Å². The first-order chi connectivity index (χ1) is 19.8. The third kappa shape index (κ3) is 5.33. The predicted octanol–water partition coefficient (Wildman–Crippen LogP) is 5.88. The summed E-state index contributed by atoms with van der Waals surface area (Å²) in [7, 11) is 3.19. The number of carbonyl (C=O) groups is 1. The number of methoxy groups -OCH3 is 2. The first-order valence-corrected chi connectivity index (χ1v) is 15.2. The highest BCUT2D eigenvalue weighted by Gasteiger charge is 2.47. The molecule has 1 aliphatic heterocycles. The van der Waals surface area contributed by atoms with Gasteiger partial charge in [0.15, 0.2) is 21.3 Å². The van der Waals surface area contributed by atoms with Crippen molar-refractivity contribution < 1.29 is 14.3 Å². The number of fused-ring (bicyclic) bond motifs is 1. The molecule has 214 valence electrons. The van der Waals surface area contributed by atoms with Crippen LogP contribution in [0.15, 0.2) is 53.3 Å². The Morgan fingerprint density at radius 2 is 1.93 bits per heavy atom. The van der Waals surface area contributed by atoms with Crippen LogP contribution in [0.4, 0.5) is 5.13 Å². The van der Waals surface area contributed by atoms with Gasteiger partial charge >= 0.3 is 0 Å². The highest BCUT2D eigenvalue weighted by atomic mass is 35.5. The van der Waals surface area contributed by atoms with Crippen LogP contribution in [0.25, 0.3) is 10.3 Å². The van der Waals surface area contributed by atoms with Crippen molar-refractivity contribution in [2.45, 2.75) is 62.4 Å². The van der Waals surface area contributed by atoms with Crippen molar-refractivity contribution in [3.63, 3.8) is 0 Å². The number of hydrogen-bond donors (Lipinski definition) is 0. The number of anilines is 1. The highest BCUT2D eigenvalue weighted by molar-refractivity contribution is 7.21. The van der Waals surface area contributed by atoms with Gasteiger partial charge in [0.1, 0.15) is 22.2 Å². The Labute approximate surface area is 247 Å². The lowest BCUT2D eigenvalue weighted by Gasteiger charge is -2.24. The minimum atomic E-state index is -0.670. The van der Waals surface area contributed by atoms with Gasteiger partial charge in [0.2, 0.25) is 0 Å². The molecule has 0 bridgehead atoms. The number of benzene rings is 2. The van der Waals surface area contributed by atoms with Gasteiger partial charge in [-0.25, -0.2) is 9.97 Å². The average molecular weight is 593 g/mol. The number of Topliss-reactive ketones (excluding diaryl/α,β-unsaturated/α-hetero) is 1. The molecular weight excluding hydrogens is 560 g/mol. The molecule has 2 fully saturated rings. The summed E-state index contributed by atoms with van der Waals surface area (Å²) in [5, 5.41) is 0.665. The molecule has 4 aromatic rings. The van der Waals surface area contributed by atoms with Gasteiger partial charge in [-0.2, -0.15) is 0 Å². The second-order valence-corrected chi connectivity index (χ2v) is 12.6. The Kier molecular flexibility index (Phi) is 7.50. The van der Waals surface area contributed by atoms with Crippen LogP contribution in [-0.2, 0) is 16.2 Å². The minimum Gasteiger partial charge on any atom is -0.497 e. The summed E-state index contributed by atoms with van der Waals surface area (Å²) in [6.45, 7) is 3.06. The zero-order valence-electron chi connectivity index (χ0n) is 23.4. The molecule has 2 aromatic carbocycles. The smallest absolute Gasteiger partial charge is 0.281 e. The van der Waals surface area contributed by atoms with E-state index in [4.69, 9.17) is 31.0 Å². The molecule has 8 nitrogen and oxygen atoms in total. The van der Waals surface area contributed by atoms with Gasteiger partial charge in [-0.3, -0.25) is 14.2 Å². The maximum absolute atomic E-state index is 14.0. The Balaban J connectivity index is 1.33.